The summed E-state index contributed by atoms with van der Waals surface area (Å²) in [5.41, 5.74) is 8.45. The first-order chi connectivity index (χ1) is 13.0. The number of hydrogen-bond acceptors (Lipinski definition) is 4. The molecule has 0 aromatic heterocycles. The van der Waals surface area contributed by atoms with Crippen LogP contribution in [-0.2, 0) is 22.7 Å². The fourth-order valence-electron chi connectivity index (χ4n) is 3.99. The van der Waals surface area contributed by atoms with Gasteiger partial charge in [-0.2, -0.15) is 0 Å². The molecule has 2 saturated heterocycles. The van der Waals surface area contributed by atoms with Gasteiger partial charge >= 0.3 is 0 Å². The summed E-state index contributed by atoms with van der Waals surface area (Å²) >= 11 is 0. The van der Waals surface area contributed by atoms with Crippen molar-refractivity contribution in [2.24, 2.45) is 11.7 Å². The van der Waals surface area contributed by atoms with Gasteiger partial charge in [-0.15, -0.1) is 0 Å². The van der Waals surface area contributed by atoms with Gasteiger partial charge in [-0.25, -0.2) is 0 Å². The van der Waals surface area contributed by atoms with E-state index in [1.165, 1.54) is 38.4 Å². The molecule has 0 unspecified atom stereocenters. The highest BCUT2D eigenvalue weighted by Crippen LogP contribution is 2.17. The molecule has 6 heteroatoms. The lowest BCUT2D eigenvalue weighted by atomic mass is 10.0. The van der Waals surface area contributed by atoms with E-state index in [-0.39, 0.29) is 23.8 Å². The largest absolute Gasteiger partial charge is 0.352 e. The lowest BCUT2D eigenvalue weighted by Gasteiger charge is -2.23. The summed E-state index contributed by atoms with van der Waals surface area (Å²) in [6, 6.07) is 8.45. The number of nitrogens with one attached hydrogen (secondary N) is 1. The molecule has 3 rings (SSSR count). The quantitative estimate of drug-likeness (QED) is 0.821. The fraction of sp³-hybridized carbons (Fsp3) is 0.619. The van der Waals surface area contributed by atoms with Crippen LogP contribution in [0.1, 0.15) is 43.7 Å². The Morgan fingerprint density at radius 2 is 1.74 bits per heavy atom. The van der Waals surface area contributed by atoms with Gasteiger partial charge in [0.2, 0.25) is 11.8 Å². The van der Waals surface area contributed by atoms with E-state index in [1.807, 2.05) is 0 Å². The van der Waals surface area contributed by atoms with Crippen LogP contribution >= 0.6 is 0 Å². The first kappa shape index (κ1) is 19.8. The van der Waals surface area contributed by atoms with Crippen molar-refractivity contribution in [3.63, 3.8) is 0 Å². The van der Waals surface area contributed by atoms with Crippen molar-refractivity contribution in [2.45, 2.75) is 51.7 Å². The number of benzene rings is 1. The van der Waals surface area contributed by atoms with E-state index in [9.17, 15) is 9.59 Å². The molecule has 0 radical (unpaired) electrons. The molecule has 2 heterocycles. The molecule has 2 atom stereocenters. The average Bonchev–Trinajstić information content (AvgIpc) is 3.07. The maximum absolute atomic E-state index is 12.6. The Balaban J connectivity index is 1.49. The zero-order valence-electron chi connectivity index (χ0n) is 16.3. The van der Waals surface area contributed by atoms with Crippen LogP contribution in [0.25, 0.3) is 0 Å². The summed E-state index contributed by atoms with van der Waals surface area (Å²) in [4.78, 5) is 28.5. The number of hydrogen-bond donors (Lipinski definition) is 2. The Morgan fingerprint density at radius 1 is 1.07 bits per heavy atom. The summed E-state index contributed by atoms with van der Waals surface area (Å²) in [6.07, 6.45) is 4.10. The molecule has 27 heavy (non-hydrogen) atoms. The highest BCUT2D eigenvalue weighted by molar-refractivity contribution is 5.80. The van der Waals surface area contributed by atoms with Gasteiger partial charge in [0.05, 0.1) is 5.92 Å². The predicted octanol–water partition coefficient (Wildman–Crippen LogP) is 1.48. The van der Waals surface area contributed by atoms with Crippen molar-refractivity contribution in [3.05, 3.63) is 35.4 Å². The lowest BCUT2D eigenvalue weighted by molar-refractivity contribution is -0.131. The molecule has 148 valence electrons. The minimum absolute atomic E-state index is 0.0106. The summed E-state index contributed by atoms with van der Waals surface area (Å²) in [6.45, 7) is 6.46. The third kappa shape index (κ3) is 5.78. The highest BCUT2D eigenvalue weighted by atomic mass is 16.2. The Bertz CT molecular complexity index is 640. The van der Waals surface area contributed by atoms with Crippen LogP contribution in [-0.4, -0.2) is 53.8 Å². The van der Waals surface area contributed by atoms with Crippen molar-refractivity contribution >= 4 is 11.8 Å². The molecule has 1 aromatic rings. The summed E-state index contributed by atoms with van der Waals surface area (Å²) in [5.74, 6) is -0.188. The van der Waals surface area contributed by atoms with E-state index in [1.54, 1.807) is 4.90 Å². The molecule has 6 nitrogen and oxygen atoms in total. The topological polar surface area (TPSA) is 78.7 Å². The average molecular weight is 373 g/mol. The zero-order valence-corrected chi connectivity index (χ0v) is 16.3. The van der Waals surface area contributed by atoms with Crippen LogP contribution in [0.4, 0.5) is 0 Å². The molecule has 3 N–H and O–H groups in total. The van der Waals surface area contributed by atoms with E-state index >= 15 is 0 Å². The molecule has 2 aliphatic rings. The van der Waals surface area contributed by atoms with Gasteiger partial charge in [0.15, 0.2) is 0 Å². The Kier molecular flexibility index (Phi) is 6.85. The summed E-state index contributed by atoms with van der Waals surface area (Å²) in [7, 11) is 0. The molecule has 0 bridgehead atoms. The van der Waals surface area contributed by atoms with Crippen LogP contribution in [0.15, 0.2) is 24.3 Å². The lowest BCUT2D eigenvalue weighted by Crippen LogP contribution is -2.42. The molecule has 0 spiro atoms. The number of amides is 2. The number of rotatable bonds is 5. The predicted molar refractivity (Wildman–Crippen MR) is 106 cm³/mol. The third-order valence-corrected chi connectivity index (χ3v) is 5.69. The molecule has 0 aliphatic carbocycles. The normalized spacial score (nSPS) is 23.9. The number of carbonyl (C=O) groups is 2. The molecule has 2 aliphatic heterocycles. The van der Waals surface area contributed by atoms with Crippen LogP contribution in [0.3, 0.4) is 0 Å². The fourth-order valence-corrected chi connectivity index (χ4v) is 3.99. The van der Waals surface area contributed by atoms with Gasteiger partial charge in [0, 0.05) is 39.1 Å². The van der Waals surface area contributed by atoms with Gasteiger partial charge < -0.3 is 16.0 Å². The van der Waals surface area contributed by atoms with E-state index in [2.05, 4.69) is 34.5 Å². The van der Waals surface area contributed by atoms with Crippen LogP contribution in [0.2, 0.25) is 0 Å². The smallest absolute Gasteiger partial charge is 0.225 e. The highest BCUT2D eigenvalue weighted by Gasteiger charge is 2.28. The maximum atomic E-state index is 12.6. The monoisotopic (exact) mass is 372 g/mol. The van der Waals surface area contributed by atoms with Gasteiger partial charge in [-0.1, -0.05) is 24.3 Å². The van der Waals surface area contributed by atoms with Gasteiger partial charge in [0.1, 0.15) is 0 Å². The first-order valence-corrected chi connectivity index (χ1v) is 10.1. The zero-order chi connectivity index (χ0) is 19.2. The first-order valence-electron chi connectivity index (χ1n) is 10.1. The Morgan fingerprint density at radius 3 is 2.41 bits per heavy atom. The second-order valence-corrected chi connectivity index (χ2v) is 7.98. The molecule has 0 saturated carbocycles. The van der Waals surface area contributed by atoms with Crippen LogP contribution < -0.4 is 11.1 Å². The molecular weight excluding hydrogens is 340 g/mol. The van der Waals surface area contributed by atoms with E-state index < -0.39 is 0 Å². The van der Waals surface area contributed by atoms with E-state index in [4.69, 9.17) is 5.73 Å². The van der Waals surface area contributed by atoms with Gasteiger partial charge in [-0.05, 0) is 49.9 Å². The number of likely N-dealkylation sites (tertiary alicyclic amines) is 2. The number of carbonyl (C=O) groups excluding carboxylic acids is 2. The molecular formula is C21H32N4O2. The second kappa shape index (κ2) is 9.33. The SMILES string of the molecule is CC(=O)N1C[C@@H](N)CC[C@@H](C(=O)NCc2ccc(CN3CCCC3)cc2)C1. The van der Waals surface area contributed by atoms with Crippen molar-refractivity contribution < 1.29 is 9.59 Å². The molecule has 2 amide bonds. The summed E-state index contributed by atoms with van der Waals surface area (Å²) in [5, 5.41) is 3.04. The van der Waals surface area contributed by atoms with Crippen LogP contribution in [0, 0.1) is 5.92 Å². The van der Waals surface area contributed by atoms with Gasteiger partial charge in [-0.3, -0.25) is 14.5 Å². The van der Waals surface area contributed by atoms with Crippen molar-refractivity contribution in [3.8, 4) is 0 Å². The maximum Gasteiger partial charge on any atom is 0.225 e. The number of nitrogens with zero attached hydrogens (tertiary/aromatic N) is 2. The number of nitrogens with two attached hydrogens (primary N) is 1. The minimum Gasteiger partial charge on any atom is -0.352 e. The van der Waals surface area contributed by atoms with Gasteiger partial charge in [0.25, 0.3) is 0 Å². The Hall–Kier alpha value is -1.92. The molecule has 1 aromatic carbocycles. The van der Waals surface area contributed by atoms with E-state index in [0.717, 1.165) is 24.9 Å². The minimum atomic E-state index is -0.183. The standard InChI is InChI=1S/C21H32N4O2/c1-16(26)25-14-19(8-9-20(22)15-25)21(27)23-12-17-4-6-18(7-5-17)13-24-10-2-3-11-24/h4-7,19-20H,2-3,8-15,22H2,1H3,(H,23,27)/t19-,20+/m1/s1. The van der Waals surface area contributed by atoms with Crippen molar-refractivity contribution in [1.82, 2.24) is 15.1 Å². The molecule has 2 fully saturated rings. The Labute approximate surface area is 162 Å². The third-order valence-electron chi connectivity index (χ3n) is 5.69. The van der Waals surface area contributed by atoms with Crippen molar-refractivity contribution in [1.29, 1.82) is 0 Å². The van der Waals surface area contributed by atoms with E-state index in [0.29, 0.717) is 19.6 Å². The van der Waals surface area contributed by atoms with Crippen LogP contribution in [0.5, 0.6) is 0 Å². The second-order valence-electron chi connectivity index (χ2n) is 7.98. The van der Waals surface area contributed by atoms with Crippen molar-refractivity contribution in [2.75, 3.05) is 26.2 Å². The summed E-state index contributed by atoms with van der Waals surface area (Å²) < 4.78 is 0.